The summed E-state index contributed by atoms with van der Waals surface area (Å²) in [5.41, 5.74) is 3.92. The normalized spacial score (nSPS) is 11.2. The minimum atomic E-state index is -0.243. The van der Waals surface area contributed by atoms with Crippen LogP contribution in [0.5, 0.6) is 5.75 Å². The number of carbonyl (C=O) groups excluding carboxylic acids is 1. The maximum absolute atomic E-state index is 12.0. The van der Waals surface area contributed by atoms with Crippen LogP contribution in [0.1, 0.15) is 18.2 Å². The van der Waals surface area contributed by atoms with E-state index < -0.39 is 0 Å². The number of esters is 1. The van der Waals surface area contributed by atoms with E-state index in [1.165, 1.54) is 0 Å². The summed E-state index contributed by atoms with van der Waals surface area (Å²) >= 11 is 7.95. The predicted molar refractivity (Wildman–Crippen MR) is 127 cm³/mol. The van der Waals surface area contributed by atoms with Crippen molar-refractivity contribution in [2.75, 3.05) is 13.7 Å². The van der Waals surface area contributed by atoms with Gasteiger partial charge in [-0.1, -0.05) is 35.5 Å². The minimum Gasteiger partial charge on any atom is -0.496 e. The van der Waals surface area contributed by atoms with Crippen molar-refractivity contribution >= 4 is 40.2 Å². The van der Waals surface area contributed by atoms with Crippen molar-refractivity contribution in [1.82, 2.24) is 14.3 Å². The van der Waals surface area contributed by atoms with Crippen molar-refractivity contribution < 1.29 is 14.3 Å². The molecule has 0 spiro atoms. The molecular formula is C24H24ClN3O3S. The maximum Gasteiger partial charge on any atom is 0.310 e. The Balaban J connectivity index is 1.81. The van der Waals surface area contributed by atoms with Gasteiger partial charge in [0.15, 0.2) is 0 Å². The number of fused-ring (bicyclic) bond motifs is 1. The smallest absolute Gasteiger partial charge is 0.310 e. The van der Waals surface area contributed by atoms with Crippen LogP contribution < -0.4 is 4.74 Å². The van der Waals surface area contributed by atoms with Crippen molar-refractivity contribution in [2.24, 2.45) is 7.05 Å². The van der Waals surface area contributed by atoms with Crippen LogP contribution in [0.4, 0.5) is 0 Å². The molecule has 0 aliphatic rings. The first kappa shape index (κ1) is 22.3. The lowest BCUT2D eigenvalue weighted by Gasteiger charge is -2.11. The van der Waals surface area contributed by atoms with Crippen LogP contribution in [0.3, 0.4) is 0 Å². The Labute approximate surface area is 196 Å². The molecule has 0 amide bonds. The standard InChI is InChI=1S/C24H24ClN3O3S/c1-5-31-23(29)11-16-6-9-21(30-4)22(10-16)32-24-15(2)28(18-13-26-27(3)14-18)20-12-17(25)7-8-19(20)24/h6-10,12-14H,5,11H2,1-4H3. The molecule has 2 aromatic heterocycles. The Hall–Kier alpha value is -2.90. The van der Waals surface area contributed by atoms with E-state index >= 15 is 0 Å². The second kappa shape index (κ2) is 9.30. The van der Waals surface area contributed by atoms with E-state index in [1.807, 2.05) is 55.8 Å². The molecule has 0 N–H and O–H groups in total. The van der Waals surface area contributed by atoms with Crippen LogP contribution >= 0.6 is 23.4 Å². The van der Waals surface area contributed by atoms with Crippen molar-refractivity contribution in [1.29, 1.82) is 0 Å². The zero-order valence-corrected chi connectivity index (χ0v) is 20.0. The van der Waals surface area contributed by atoms with E-state index in [0.717, 1.165) is 43.4 Å². The number of benzene rings is 2. The number of hydrogen-bond acceptors (Lipinski definition) is 5. The highest BCUT2D eigenvalue weighted by Crippen LogP contribution is 2.43. The highest BCUT2D eigenvalue weighted by molar-refractivity contribution is 7.99. The third kappa shape index (κ3) is 4.36. The predicted octanol–water partition coefficient (Wildman–Crippen LogP) is 5.59. The topological polar surface area (TPSA) is 58.3 Å². The molecule has 2 heterocycles. The number of aromatic nitrogens is 3. The number of aryl methyl sites for hydroxylation is 1. The average Bonchev–Trinajstić information content (AvgIpc) is 3.29. The van der Waals surface area contributed by atoms with Crippen LogP contribution in [0.2, 0.25) is 5.02 Å². The van der Waals surface area contributed by atoms with Gasteiger partial charge in [0.05, 0.1) is 42.4 Å². The molecule has 0 saturated carbocycles. The van der Waals surface area contributed by atoms with E-state index in [-0.39, 0.29) is 12.4 Å². The first-order valence-electron chi connectivity index (χ1n) is 10.2. The molecule has 166 valence electrons. The molecule has 0 bridgehead atoms. The zero-order chi connectivity index (χ0) is 22.8. The summed E-state index contributed by atoms with van der Waals surface area (Å²) in [6.45, 7) is 4.25. The molecule has 0 saturated heterocycles. The Morgan fingerprint density at radius 2 is 2.03 bits per heavy atom. The minimum absolute atomic E-state index is 0.220. The molecule has 0 radical (unpaired) electrons. The molecule has 0 fully saturated rings. The lowest BCUT2D eigenvalue weighted by atomic mass is 10.1. The first-order valence-corrected chi connectivity index (χ1v) is 11.4. The molecule has 4 rings (SSSR count). The lowest BCUT2D eigenvalue weighted by molar-refractivity contribution is -0.142. The number of hydrogen-bond donors (Lipinski definition) is 0. The van der Waals surface area contributed by atoms with E-state index in [2.05, 4.69) is 16.6 Å². The van der Waals surface area contributed by atoms with E-state index in [1.54, 1.807) is 30.5 Å². The second-order valence-corrected chi connectivity index (χ2v) is 8.84. The number of carbonyl (C=O) groups is 1. The Morgan fingerprint density at radius 1 is 1.22 bits per heavy atom. The Bertz CT molecular complexity index is 1300. The summed E-state index contributed by atoms with van der Waals surface area (Å²) < 4.78 is 14.7. The zero-order valence-electron chi connectivity index (χ0n) is 18.4. The molecular weight excluding hydrogens is 446 g/mol. The Kier molecular flexibility index (Phi) is 6.48. The molecule has 8 heteroatoms. The van der Waals surface area contributed by atoms with Gasteiger partial charge in [-0.05, 0) is 43.7 Å². The molecule has 0 unspecified atom stereocenters. The number of halogens is 1. The van der Waals surface area contributed by atoms with Crippen LogP contribution in [0.25, 0.3) is 16.6 Å². The van der Waals surface area contributed by atoms with Crippen LogP contribution in [0, 0.1) is 6.92 Å². The quantitative estimate of drug-likeness (QED) is 0.330. The van der Waals surface area contributed by atoms with Gasteiger partial charge in [0.1, 0.15) is 5.75 Å². The monoisotopic (exact) mass is 469 g/mol. The van der Waals surface area contributed by atoms with Gasteiger partial charge in [-0.25, -0.2) is 0 Å². The van der Waals surface area contributed by atoms with Crippen LogP contribution in [0.15, 0.2) is 58.6 Å². The Morgan fingerprint density at radius 3 is 2.72 bits per heavy atom. The third-order valence-electron chi connectivity index (χ3n) is 5.15. The van der Waals surface area contributed by atoms with E-state index in [0.29, 0.717) is 11.6 Å². The number of ether oxygens (including phenoxy) is 2. The van der Waals surface area contributed by atoms with Gasteiger partial charge < -0.3 is 14.0 Å². The fourth-order valence-corrected chi connectivity index (χ4v) is 5.11. The van der Waals surface area contributed by atoms with Crippen molar-refractivity contribution in [3.8, 4) is 11.4 Å². The molecule has 0 atom stereocenters. The lowest BCUT2D eigenvalue weighted by Crippen LogP contribution is -2.07. The van der Waals surface area contributed by atoms with Gasteiger partial charge in [0.25, 0.3) is 0 Å². The van der Waals surface area contributed by atoms with Gasteiger partial charge in [-0.3, -0.25) is 9.48 Å². The molecule has 0 aliphatic heterocycles. The van der Waals surface area contributed by atoms with Crippen molar-refractivity contribution in [2.45, 2.75) is 30.1 Å². The van der Waals surface area contributed by atoms with Crippen LogP contribution in [-0.2, 0) is 23.0 Å². The summed E-state index contributed by atoms with van der Waals surface area (Å²) in [6, 6.07) is 11.7. The van der Waals surface area contributed by atoms with Crippen LogP contribution in [-0.4, -0.2) is 34.0 Å². The second-order valence-electron chi connectivity index (χ2n) is 7.35. The molecule has 6 nitrogen and oxygen atoms in total. The fourth-order valence-electron chi connectivity index (χ4n) is 3.74. The SMILES string of the molecule is CCOC(=O)Cc1ccc(OC)c(Sc2c(C)n(-c3cnn(C)c3)c3cc(Cl)ccc23)c1. The van der Waals surface area contributed by atoms with Gasteiger partial charge in [-0.2, -0.15) is 5.10 Å². The summed E-state index contributed by atoms with van der Waals surface area (Å²) in [5.74, 6) is 0.505. The highest BCUT2D eigenvalue weighted by Gasteiger charge is 2.19. The number of rotatable bonds is 7. The largest absolute Gasteiger partial charge is 0.496 e. The van der Waals surface area contributed by atoms with E-state index in [9.17, 15) is 4.79 Å². The van der Waals surface area contributed by atoms with E-state index in [4.69, 9.17) is 21.1 Å². The summed E-state index contributed by atoms with van der Waals surface area (Å²) in [7, 11) is 3.54. The third-order valence-corrected chi connectivity index (χ3v) is 6.65. The van der Waals surface area contributed by atoms with Gasteiger partial charge in [0.2, 0.25) is 0 Å². The fraction of sp³-hybridized carbons (Fsp3) is 0.250. The highest BCUT2D eigenvalue weighted by atomic mass is 35.5. The first-order chi connectivity index (χ1) is 15.4. The van der Waals surface area contributed by atoms with Gasteiger partial charge in [0, 0.05) is 34.2 Å². The summed E-state index contributed by atoms with van der Waals surface area (Å²) in [5, 5.41) is 6.08. The summed E-state index contributed by atoms with van der Waals surface area (Å²) in [4.78, 5) is 14.0. The van der Waals surface area contributed by atoms with Crippen molar-refractivity contribution in [3.63, 3.8) is 0 Å². The van der Waals surface area contributed by atoms with Crippen molar-refractivity contribution in [3.05, 3.63) is 65.1 Å². The maximum atomic E-state index is 12.0. The van der Waals surface area contributed by atoms with Gasteiger partial charge in [-0.15, -0.1) is 0 Å². The molecule has 2 aromatic carbocycles. The van der Waals surface area contributed by atoms with Gasteiger partial charge >= 0.3 is 5.97 Å². The summed E-state index contributed by atoms with van der Waals surface area (Å²) in [6.07, 6.45) is 4.03. The molecule has 32 heavy (non-hydrogen) atoms. The number of methoxy groups -OCH3 is 1. The molecule has 0 aliphatic carbocycles. The average molecular weight is 470 g/mol. The number of nitrogens with zero attached hydrogens (tertiary/aromatic N) is 3. The molecule has 4 aromatic rings.